The third kappa shape index (κ3) is 4.49. The van der Waals surface area contributed by atoms with Crippen LogP contribution in [0.25, 0.3) is 0 Å². The Bertz CT molecular complexity index is 570. The molecule has 1 aromatic carbocycles. The summed E-state index contributed by atoms with van der Waals surface area (Å²) in [5, 5.41) is 3.09. The maximum absolute atomic E-state index is 11.2. The number of ether oxygens (including phenoxy) is 1. The van der Waals surface area contributed by atoms with Crippen LogP contribution in [0.1, 0.15) is 18.9 Å². The van der Waals surface area contributed by atoms with Crippen LogP contribution in [0, 0.1) is 0 Å². The second-order valence-electron chi connectivity index (χ2n) is 4.68. The third-order valence-electron chi connectivity index (χ3n) is 3.08. The molecule has 1 atom stereocenters. The van der Waals surface area contributed by atoms with E-state index in [0.717, 1.165) is 17.0 Å². The van der Waals surface area contributed by atoms with Gasteiger partial charge in [-0.15, -0.1) is 0 Å². The average Bonchev–Trinajstić information content (AvgIpc) is 2.52. The highest BCUT2D eigenvalue weighted by atomic mass is 16.5. The van der Waals surface area contributed by atoms with E-state index in [1.54, 1.807) is 12.4 Å². The molecule has 2 aromatic rings. The first-order valence-corrected chi connectivity index (χ1v) is 6.86. The first-order valence-electron chi connectivity index (χ1n) is 6.86. The predicted octanol–water partition coefficient (Wildman–Crippen LogP) is 2.34. The van der Waals surface area contributed by atoms with Crippen molar-refractivity contribution < 1.29 is 9.53 Å². The summed E-state index contributed by atoms with van der Waals surface area (Å²) in [7, 11) is 0. The number of nitrogens with two attached hydrogens (primary N) is 1. The number of nitrogens with zero attached hydrogens (tertiary/aromatic N) is 1. The number of aromatic nitrogens is 1. The van der Waals surface area contributed by atoms with Crippen LogP contribution in [-0.4, -0.2) is 16.9 Å². The van der Waals surface area contributed by atoms with Crippen LogP contribution >= 0.6 is 0 Å². The Morgan fingerprint density at radius 2 is 2.10 bits per heavy atom. The average molecular weight is 285 g/mol. The Hall–Kier alpha value is -2.56. The van der Waals surface area contributed by atoms with E-state index in [4.69, 9.17) is 10.5 Å². The van der Waals surface area contributed by atoms with E-state index in [1.807, 2.05) is 43.3 Å². The molecule has 0 saturated heterocycles. The second kappa shape index (κ2) is 7.28. The van der Waals surface area contributed by atoms with Gasteiger partial charge >= 0.3 is 0 Å². The zero-order valence-corrected chi connectivity index (χ0v) is 12.0. The van der Waals surface area contributed by atoms with E-state index in [-0.39, 0.29) is 11.9 Å². The number of benzene rings is 1. The van der Waals surface area contributed by atoms with E-state index in [1.165, 1.54) is 0 Å². The van der Waals surface area contributed by atoms with E-state index >= 15 is 0 Å². The number of hydrogen-bond acceptors (Lipinski definition) is 4. The fourth-order valence-electron chi connectivity index (χ4n) is 1.87. The smallest absolute Gasteiger partial charge is 0.239 e. The number of anilines is 1. The Morgan fingerprint density at radius 3 is 2.67 bits per heavy atom. The molecule has 0 saturated carbocycles. The Morgan fingerprint density at radius 1 is 1.33 bits per heavy atom. The molecule has 2 rings (SSSR count). The van der Waals surface area contributed by atoms with Crippen LogP contribution in [0.3, 0.4) is 0 Å². The van der Waals surface area contributed by atoms with Crippen molar-refractivity contribution in [3.63, 3.8) is 0 Å². The molecule has 5 heteroatoms. The van der Waals surface area contributed by atoms with Gasteiger partial charge < -0.3 is 15.8 Å². The molecule has 3 N–H and O–H groups in total. The highest BCUT2D eigenvalue weighted by Gasteiger charge is 2.11. The van der Waals surface area contributed by atoms with Crippen molar-refractivity contribution in [2.24, 2.45) is 5.73 Å². The van der Waals surface area contributed by atoms with E-state index in [9.17, 15) is 4.79 Å². The van der Waals surface area contributed by atoms with Crippen LogP contribution in [0.2, 0.25) is 0 Å². The Balaban J connectivity index is 1.91. The molecule has 0 fully saturated rings. The fraction of sp³-hybridized carbons (Fsp3) is 0.250. The summed E-state index contributed by atoms with van der Waals surface area (Å²) in [5.74, 6) is 0.408. The fourth-order valence-corrected chi connectivity index (χ4v) is 1.87. The minimum Gasteiger partial charge on any atom is -0.489 e. The van der Waals surface area contributed by atoms with E-state index < -0.39 is 0 Å². The predicted molar refractivity (Wildman–Crippen MR) is 81.9 cm³/mol. The number of rotatable bonds is 7. The minimum atomic E-state index is -0.354. The molecule has 0 spiro atoms. The van der Waals surface area contributed by atoms with Gasteiger partial charge in [0.25, 0.3) is 0 Å². The van der Waals surface area contributed by atoms with Crippen LogP contribution < -0.4 is 15.8 Å². The summed E-state index contributed by atoms with van der Waals surface area (Å²) in [6.07, 6.45) is 4.15. The van der Waals surface area contributed by atoms with Crippen LogP contribution in [0.4, 0.5) is 5.69 Å². The SMILES string of the molecule is CC[C@H](Nc1ccc(OCc2cccnc2)cc1)C(N)=O. The summed E-state index contributed by atoms with van der Waals surface area (Å²) < 4.78 is 5.67. The number of carbonyl (C=O) groups is 1. The molecule has 110 valence electrons. The highest BCUT2D eigenvalue weighted by Crippen LogP contribution is 2.18. The van der Waals surface area contributed by atoms with E-state index in [2.05, 4.69) is 10.3 Å². The van der Waals surface area contributed by atoms with Crippen molar-refractivity contribution in [3.05, 3.63) is 54.4 Å². The Labute approximate surface area is 124 Å². The molecule has 0 aliphatic heterocycles. The largest absolute Gasteiger partial charge is 0.489 e. The van der Waals surface area contributed by atoms with Crippen LogP contribution in [-0.2, 0) is 11.4 Å². The molecule has 1 amide bonds. The van der Waals surface area contributed by atoms with Gasteiger partial charge in [-0.2, -0.15) is 0 Å². The first-order chi connectivity index (χ1) is 10.2. The first kappa shape index (κ1) is 14.8. The molecule has 0 radical (unpaired) electrons. The molecule has 0 aliphatic rings. The third-order valence-corrected chi connectivity index (χ3v) is 3.08. The summed E-state index contributed by atoms with van der Waals surface area (Å²) in [5.41, 5.74) is 7.16. The van der Waals surface area contributed by atoms with Crippen molar-refractivity contribution in [2.75, 3.05) is 5.32 Å². The molecule has 21 heavy (non-hydrogen) atoms. The van der Waals surface area contributed by atoms with Gasteiger partial charge in [0.05, 0.1) is 0 Å². The van der Waals surface area contributed by atoms with Gasteiger partial charge in [0.1, 0.15) is 18.4 Å². The number of primary amides is 1. The summed E-state index contributed by atoms with van der Waals surface area (Å²) in [6, 6.07) is 10.9. The topological polar surface area (TPSA) is 77.2 Å². The number of carbonyl (C=O) groups excluding carboxylic acids is 1. The zero-order valence-electron chi connectivity index (χ0n) is 12.0. The Kier molecular flexibility index (Phi) is 5.15. The van der Waals surface area contributed by atoms with Gasteiger partial charge in [-0.25, -0.2) is 0 Å². The van der Waals surface area contributed by atoms with Gasteiger partial charge in [0, 0.05) is 23.6 Å². The highest BCUT2D eigenvalue weighted by molar-refractivity contribution is 5.82. The number of amides is 1. The summed E-state index contributed by atoms with van der Waals surface area (Å²) >= 11 is 0. The van der Waals surface area contributed by atoms with E-state index in [0.29, 0.717) is 13.0 Å². The molecule has 1 heterocycles. The molecular formula is C16H19N3O2. The maximum Gasteiger partial charge on any atom is 0.239 e. The van der Waals surface area contributed by atoms with Gasteiger partial charge in [0.2, 0.25) is 5.91 Å². The molecule has 1 aromatic heterocycles. The summed E-state index contributed by atoms with van der Waals surface area (Å²) in [4.78, 5) is 15.2. The monoisotopic (exact) mass is 285 g/mol. The van der Waals surface area contributed by atoms with Crippen molar-refractivity contribution in [3.8, 4) is 5.75 Å². The minimum absolute atomic E-state index is 0.352. The molecule has 5 nitrogen and oxygen atoms in total. The maximum atomic E-state index is 11.2. The lowest BCUT2D eigenvalue weighted by molar-refractivity contribution is -0.118. The van der Waals surface area contributed by atoms with Gasteiger partial charge in [-0.05, 0) is 36.8 Å². The second-order valence-corrected chi connectivity index (χ2v) is 4.68. The van der Waals surface area contributed by atoms with Crippen molar-refractivity contribution >= 4 is 11.6 Å². The van der Waals surface area contributed by atoms with Crippen LogP contribution in [0.5, 0.6) is 5.75 Å². The van der Waals surface area contributed by atoms with Gasteiger partial charge in [-0.1, -0.05) is 13.0 Å². The molecule has 0 unspecified atom stereocenters. The van der Waals surface area contributed by atoms with Crippen molar-refractivity contribution in [1.82, 2.24) is 4.98 Å². The molecule has 0 aliphatic carbocycles. The standard InChI is InChI=1S/C16H19N3O2/c1-2-15(16(17)20)19-13-5-7-14(8-6-13)21-11-12-4-3-9-18-10-12/h3-10,15,19H,2,11H2,1H3,(H2,17,20)/t15-/m0/s1. The number of nitrogens with one attached hydrogen (secondary N) is 1. The lowest BCUT2D eigenvalue weighted by Crippen LogP contribution is -2.34. The number of pyridine rings is 1. The summed E-state index contributed by atoms with van der Waals surface area (Å²) in [6.45, 7) is 2.38. The molecular weight excluding hydrogens is 266 g/mol. The van der Waals surface area contributed by atoms with Gasteiger partial charge in [-0.3, -0.25) is 9.78 Å². The molecule has 0 bridgehead atoms. The lowest BCUT2D eigenvalue weighted by Gasteiger charge is -2.15. The van der Waals surface area contributed by atoms with Gasteiger partial charge in [0.15, 0.2) is 0 Å². The van der Waals surface area contributed by atoms with Crippen molar-refractivity contribution in [1.29, 1.82) is 0 Å². The van der Waals surface area contributed by atoms with Crippen LogP contribution in [0.15, 0.2) is 48.8 Å². The van der Waals surface area contributed by atoms with Crippen molar-refractivity contribution in [2.45, 2.75) is 26.0 Å². The quantitative estimate of drug-likeness (QED) is 0.818. The number of hydrogen-bond donors (Lipinski definition) is 2. The normalized spacial score (nSPS) is 11.7. The zero-order chi connectivity index (χ0) is 15.1. The lowest BCUT2D eigenvalue weighted by atomic mass is 10.2.